The van der Waals surface area contributed by atoms with Crippen LogP contribution in [0.1, 0.15) is 29.0 Å². The number of likely N-dealkylation sites (tertiary alicyclic amines) is 1. The average molecular weight is 308 g/mol. The largest absolute Gasteiger partial charge is 0.480 e. The van der Waals surface area contributed by atoms with Crippen molar-refractivity contribution < 1.29 is 19.1 Å². The van der Waals surface area contributed by atoms with Gasteiger partial charge in [-0.2, -0.15) is 0 Å². The number of hydrogen-bond donors (Lipinski definition) is 1. The molecule has 1 aliphatic rings. The summed E-state index contributed by atoms with van der Waals surface area (Å²) in [6.45, 7) is 2.22. The summed E-state index contributed by atoms with van der Waals surface area (Å²) >= 11 is 5.96. The van der Waals surface area contributed by atoms with Crippen LogP contribution in [0.5, 0.6) is 0 Å². The van der Waals surface area contributed by atoms with Crippen LogP contribution in [0.4, 0.5) is 0 Å². The summed E-state index contributed by atoms with van der Waals surface area (Å²) in [5, 5.41) is 10.5. The van der Waals surface area contributed by atoms with Crippen LogP contribution in [0, 0.1) is 6.92 Å². The Bertz CT molecular complexity index is 737. The number of carbonyl (C=O) groups is 2. The predicted molar refractivity (Wildman–Crippen MR) is 77.7 cm³/mol. The fourth-order valence-electron chi connectivity index (χ4n) is 2.79. The van der Waals surface area contributed by atoms with Crippen LogP contribution in [0.3, 0.4) is 0 Å². The molecule has 1 atom stereocenters. The van der Waals surface area contributed by atoms with Crippen molar-refractivity contribution in [3.05, 3.63) is 34.5 Å². The molecule has 0 radical (unpaired) electrons. The number of benzene rings is 1. The Morgan fingerprint density at radius 2 is 2.19 bits per heavy atom. The minimum Gasteiger partial charge on any atom is -0.480 e. The molecule has 3 rings (SSSR count). The highest BCUT2D eigenvalue weighted by Gasteiger charge is 2.36. The molecule has 0 saturated carbocycles. The first-order chi connectivity index (χ1) is 9.99. The fourth-order valence-corrected chi connectivity index (χ4v) is 2.97. The molecule has 0 unspecified atom stereocenters. The zero-order valence-electron chi connectivity index (χ0n) is 11.4. The Kier molecular flexibility index (Phi) is 3.37. The van der Waals surface area contributed by atoms with Gasteiger partial charge in [0.15, 0.2) is 5.76 Å². The van der Waals surface area contributed by atoms with E-state index in [0.717, 1.165) is 5.39 Å². The maximum atomic E-state index is 12.6. The van der Waals surface area contributed by atoms with Crippen molar-refractivity contribution in [1.29, 1.82) is 0 Å². The summed E-state index contributed by atoms with van der Waals surface area (Å²) < 4.78 is 5.61. The van der Waals surface area contributed by atoms with E-state index in [9.17, 15) is 14.7 Å². The van der Waals surface area contributed by atoms with Crippen LogP contribution in [-0.4, -0.2) is 34.5 Å². The lowest BCUT2D eigenvalue weighted by molar-refractivity contribution is -0.141. The third kappa shape index (κ3) is 2.27. The Morgan fingerprint density at radius 3 is 2.90 bits per heavy atom. The molecule has 2 aromatic rings. The molecule has 5 nitrogen and oxygen atoms in total. The lowest BCUT2D eigenvalue weighted by Crippen LogP contribution is -2.40. The van der Waals surface area contributed by atoms with E-state index in [4.69, 9.17) is 16.0 Å². The van der Waals surface area contributed by atoms with Gasteiger partial charge in [-0.05, 0) is 38.0 Å². The van der Waals surface area contributed by atoms with Crippen molar-refractivity contribution in [2.45, 2.75) is 25.8 Å². The number of fused-ring (bicyclic) bond motifs is 1. The first-order valence-corrected chi connectivity index (χ1v) is 7.09. The summed E-state index contributed by atoms with van der Waals surface area (Å²) in [4.78, 5) is 25.2. The molecule has 21 heavy (non-hydrogen) atoms. The van der Waals surface area contributed by atoms with E-state index in [1.165, 1.54) is 4.90 Å². The van der Waals surface area contributed by atoms with E-state index in [2.05, 4.69) is 0 Å². The molecule has 110 valence electrons. The van der Waals surface area contributed by atoms with Crippen molar-refractivity contribution in [3.8, 4) is 0 Å². The minimum absolute atomic E-state index is 0.195. The molecule has 1 saturated heterocycles. The zero-order valence-corrected chi connectivity index (χ0v) is 12.2. The lowest BCUT2D eigenvalue weighted by Gasteiger charge is -2.20. The van der Waals surface area contributed by atoms with Gasteiger partial charge in [0, 0.05) is 22.5 Å². The standard InChI is InChI=1S/C15H14ClNO4/c1-8-10-7-9(16)4-5-12(10)21-13(8)14(18)17-6-2-3-11(17)15(19)20/h4-5,7,11H,2-3,6H2,1H3,(H,19,20)/t11-/m1/s1. The molecule has 6 heteroatoms. The Labute approximate surface area is 126 Å². The van der Waals surface area contributed by atoms with E-state index in [1.54, 1.807) is 25.1 Å². The van der Waals surface area contributed by atoms with Gasteiger partial charge in [0.2, 0.25) is 0 Å². The molecular formula is C15H14ClNO4. The molecule has 1 N–H and O–H groups in total. The van der Waals surface area contributed by atoms with E-state index in [-0.39, 0.29) is 11.7 Å². The van der Waals surface area contributed by atoms with Crippen LogP contribution in [0.25, 0.3) is 11.0 Å². The second-order valence-electron chi connectivity index (χ2n) is 5.19. The summed E-state index contributed by atoms with van der Waals surface area (Å²) in [5.74, 6) is -1.15. The number of carbonyl (C=O) groups excluding carboxylic acids is 1. The van der Waals surface area contributed by atoms with Gasteiger partial charge in [-0.1, -0.05) is 11.6 Å². The van der Waals surface area contributed by atoms with Gasteiger partial charge in [0.25, 0.3) is 5.91 Å². The number of nitrogens with zero attached hydrogens (tertiary/aromatic N) is 1. The fraction of sp³-hybridized carbons (Fsp3) is 0.333. The number of furan rings is 1. The Morgan fingerprint density at radius 1 is 1.43 bits per heavy atom. The van der Waals surface area contributed by atoms with Crippen LogP contribution in [0.15, 0.2) is 22.6 Å². The number of hydrogen-bond acceptors (Lipinski definition) is 3. The first kappa shape index (κ1) is 13.9. The van der Waals surface area contributed by atoms with Crippen LogP contribution < -0.4 is 0 Å². The van der Waals surface area contributed by atoms with Gasteiger partial charge in [-0.15, -0.1) is 0 Å². The normalized spacial score (nSPS) is 18.4. The van der Waals surface area contributed by atoms with Gasteiger partial charge < -0.3 is 14.4 Å². The molecular weight excluding hydrogens is 294 g/mol. The molecule has 2 heterocycles. The van der Waals surface area contributed by atoms with Crippen LogP contribution >= 0.6 is 11.6 Å². The quantitative estimate of drug-likeness (QED) is 0.925. The summed E-state index contributed by atoms with van der Waals surface area (Å²) in [6.07, 6.45) is 1.17. The molecule has 1 aliphatic heterocycles. The topological polar surface area (TPSA) is 70.8 Å². The van der Waals surface area contributed by atoms with E-state index < -0.39 is 12.0 Å². The number of halogens is 1. The molecule has 0 spiro atoms. The van der Waals surface area contributed by atoms with E-state index >= 15 is 0 Å². The number of aliphatic carboxylic acids is 1. The minimum atomic E-state index is -0.974. The van der Waals surface area contributed by atoms with Crippen LogP contribution in [-0.2, 0) is 4.79 Å². The highest BCUT2D eigenvalue weighted by Crippen LogP contribution is 2.30. The summed E-state index contributed by atoms with van der Waals surface area (Å²) in [7, 11) is 0. The number of carboxylic acid groups (broad SMARTS) is 1. The van der Waals surface area contributed by atoms with Crippen molar-refractivity contribution in [1.82, 2.24) is 4.90 Å². The average Bonchev–Trinajstić information content (AvgIpc) is 3.04. The van der Waals surface area contributed by atoms with Crippen molar-refractivity contribution in [2.75, 3.05) is 6.54 Å². The van der Waals surface area contributed by atoms with Gasteiger partial charge in [0.1, 0.15) is 11.6 Å². The van der Waals surface area contributed by atoms with Gasteiger partial charge in [0.05, 0.1) is 0 Å². The van der Waals surface area contributed by atoms with Crippen molar-refractivity contribution in [2.24, 2.45) is 0 Å². The Balaban J connectivity index is 2.02. The summed E-state index contributed by atoms with van der Waals surface area (Å²) in [6, 6.07) is 4.37. The summed E-state index contributed by atoms with van der Waals surface area (Å²) in [5.41, 5.74) is 1.26. The molecule has 0 aliphatic carbocycles. The lowest BCUT2D eigenvalue weighted by atomic mass is 10.1. The van der Waals surface area contributed by atoms with Crippen molar-refractivity contribution in [3.63, 3.8) is 0 Å². The molecule has 1 amide bonds. The van der Waals surface area contributed by atoms with Crippen LogP contribution in [0.2, 0.25) is 5.02 Å². The maximum absolute atomic E-state index is 12.6. The molecule has 1 aromatic carbocycles. The second-order valence-corrected chi connectivity index (χ2v) is 5.63. The van der Waals surface area contributed by atoms with Gasteiger partial charge in [-0.3, -0.25) is 4.79 Å². The predicted octanol–water partition coefficient (Wildman–Crippen LogP) is 3.08. The monoisotopic (exact) mass is 307 g/mol. The SMILES string of the molecule is Cc1c(C(=O)N2CCC[C@@H]2C(=O)O)oc2ccc(Cl)cc12. The molecule has 1 aromatic heterocycles. The zero-order chi connectivity index (χ0) is 15.1. The highest BCUT2D eigenvalue weighted by atomic mass is 35.5. The Hall–Kier alpha value is -2.01. The third-order valence-electron chi connectivity index (χ3n) is 3.89. The number of aryl methyl sites for hydroxylation is 1. The molecule has 1 fully saturated rings. The number of rotatable bonds is 2. The van der Waals surface area contributed by atoms with Crippen molar-refractivity contribution >= 4 is 34.4 Å². The van der Waals surface area contributed by atoms with E-state index in [0.29, 0.717) is 35.6 Å². The second kappa shape index (κ2) is 5.07. The smallest absolute Gasteiger partial charge is 0.326 e. The molecule has 0 bridgehead atoms. The first-order valence-electron chi connectivity index (χ1n) is 6.71. The van der Waals surface area contributed by atoms with E-state index in [1.807, 2.05) is 0 Å². The third-order valence-corrected chi connectivity index (χ3v) is 4.13. The number of amides is 1. The van der Waals surface area contributed by atoms with Gasteiger partial charge >= 0.3 is 5.97 Å². The van der Waals surface area contributed by atoms with Gasteiger partial charge in [-0.25, -0.2) is 4.79 Å². The number of carboxylic acids is 1. The highest BCUT2D eigenvalue weighted by molar-refractivity contribution is 6.31. The maximum Gasteiger partial charge on any atom is 0.326 e.